The first-order valence-corrected chi connectivity index (χ1v) is 11.0. The molecule has 3 aromatic rings. The Hall–Kier alpha value is -3.81. The van der Waals surface area contributed by atoms with Crippen LogP contribution in [0.3, 0.4) is 0 Å². The number of aromatic nitrogens is 1. The highest BCUT2D eigenvalue weighted by Gasteiger charge is 2.55. The van der Waals surface area contributed by atoms with E-state index in [0.717, 1.165) is 16.5 Å². The van der Waals surface area contributed by atoms with Crippen molar-refractivity contribution >= 4 is 28.6 Å². The normalized spacial score (nSPS) is 23.7. The molecule has 33 heavy (non-hydrogen) atoms. The van der Waals surface area contributed by atoms with Gasteiger partial charge in [-0.1, -0.05) is 36.4 Å². The maximum absolute atomic E-state index is 13.3. The standard InChI is InChI=1S/C25H26N4O4/c1-25-14-17(16-8-4-6-10-20(16)33-25)21(22(26)30)24(32)29(25)12-11-27-23(31)19-13-15-7-3-5-9-18(15)28(19)2/h3-10,13,17,21H,11-12,14H2,1-2H3,(H2,26,30)(H,27,31). The molecule has 8 nitrogen and oxygen atoms in total. The lowest BCUT2D eigenvalue weighted by molar-refractivity contribution is -0.175. The van der Waals surface area contributed by atoms with Gasteiger partial charge >= 0.3 is 0 Å². The monoisotopic (exact) mass is 446 g/mol. The van der Waals surface area contributed by atoms with Crippen molar-refractivity contribution in [3.05, 3.63) is 65.9 Å². The third-order valence-electron chi connectivity index (χ3n) is 6.86. The van der Waals surface area contributed by atoms with Crippen molar-refractivity contribution in [2.24, 2.45) is 18.7 Å². The third kappa shape index (κ3) is 3.33. The molecule has 1 aromatic heterocycles. The topological polar surface area (TPSA) is 107 Å². The lowest BCUT2D eigenvalue weighted by Gasteiger charge is -2.52. The highest BCUT2D eigenvalue weighted by Crippen LogP contribution is 2.49. The zero-order valence-electron chi connectivity index (χ0n) is 18.6. The number of aryl methyl sites for hydroxylation is 1. The van der Waals surface area contributed by atoms with Gasteiger partial charge in [-0.05, 0) is 30.7 Å². The fourth-order valence-electron chi connectivity index (χ4n) is 5.26. The minimum absolute atomic E-state index is 0.198. The molecule has 1 saturated heterocycles. The predicted octanol–water partition coefficient (Wildman–Crippen LogP) is 2.13. The van der Waals surface area contributed by atoms with E-state index in [-0.39, 0.29) is 30.8 Å². The Morgan fingerprint density at radius 3 is 2.67 bits per heavy atom. The van der Waals surface area contributed by atoms with Gasteiger partial charge in [0.1, 0.15) is 17.4 Å². The van der Waals surface area contributed by atoms with Crippen LogP contribution >= 0.6 is 0 Å². The number of hydrogen-bond donors (Lipinski definition) is 2. The van der Waals surface area contributed by atoms with Gasteiger partial charge in [-0.15, -0.1) is 0 Å². The molecule has 0 spiro atoms. The Morgan fingerprint density at radius 1 is 1.18 bits per heavy atom. The molecule has 3 unspecified atom stereocenters. The number of fused-ring (bicyclic) bond motifs is 5. The summed E-state index contributed by atoms with van der Waals surface area (Å²) < 4.78 is 8.08. The largest absolute Gasteiger partial charge is 0.468 e. The fraction of sp³-hybridized carbons (Fsp3) is 0.320. The number of primary amides is 1. The van der Waals surface area contributed by atoms with Crippen molar-refractivity contribution in [3.8, 4) is 5.75 Å². The van der Waals surface area contributed by atoms with Crippen LogP contribution in [0.2, 0.25) is 0 Å². The maximum atomic E-state index is 13.3. The Balaban J connectivity index is 1.36. The quantitative estimate of drug-likeness (QED) is 0.586. The first-order valence-electron chi connectivity index (χ1n) is 11.0. The Morgan fingerprint density at radius 2 is 1.91 bits per heavy atom. The van der Waals surface area contributed by atoms with E-state index in [9.17, 15) is 14.4 Å². The number of nitrogens with one attached hydrogen (secondary N) is 1. The zero-order valence-corrected chi connectivity index (χ0v) is 18.6. The molecule has 2 aliphatic rings. The lowest BCUT2D eigenvalue weighted by Crippen LogP contribution is -2.65. The summed E-state index contributed by atoms with van der Waals surface area (Å²) in [4.78, 5) is 40.0. The van der Waals surface area contributed by atoms with Crippen LogP contribution in [0.25, 0.3) is 10.9 Å². The molecule has 2 aliphatic heterocycles. The number of benzene rings is 2. The van der Waals surface area contributed by atoms with Crippen molar-refractivity contribution in [1.29, 1.82) is 0 Å². The van der Waals surface area contributed by atoms with Gasteiger partial charge < -0.3 is 25.3 Å². The Kier molecular flexibility index (Phi) is 4.88. The van der Waals surface area contributed by atoms with Crippen LogP contribution in [0.4, 0.5) is 0 Å². The van der Waals surface area contributed by atoms with Gasteiger partial charge in [0.25, 0.3) is 5.91 Å². The first kappa shape index (κ1) is 21.1. The number of para-hydroxylation sites is 2. The van der Waals surface area contributed by atoms with Crippen molar-refractivity contribution in [2.45, 2.75) is 25.0 Å². The molecule has 1 fully saturated rings. The molecule has 5 rings (SSSR count). The Bertz CT molecular complexity index is 1280. The van der Waals surface area contributed by atoms with Crippen molar-refractivity contribution in [2.75, 3.05) is 13.1 Å². The fourth-order valence-corrected chi connectivity index (χ4v) is 5.26. The van der Waals surface area contributed by atoms with Crippen molar-refractivity contribution < 1.29 is 19.1 Å². The molecule has 3 N–H and O–H groups in total. The minimum Gasteiger partial charge on any atom is -0.468 e. The molecule has 2 aromatic carbocycles. The van der Waals surface area contributed by atoms with Crippen LogP contribution in [0.5, 0.6) is 5.75 Å². The second kappa shape index (κ2) is 7.65. The number of amides is 3. The zero-order chi connectivity index (χ0) is 23.3. The number of carbonyl (C=O) groups is 3. The molecule has 3 atom stereocenters. The number of piperidine rings is 1. The summed E-state index contributed by atoms with van der Waals surface area (Å²) in [5.41, 5.74) is 7.06. The third-order valence-corrected chi connectivity index (χ3v) is 6.86. The van der Waals surface area contributed by atoms with Crippen LogP contribution in [0.15, 0.2) is 54.6 Å². The number of hydrogen-bond acceptors (Lipinski definition) is 4. The number of ether oxygens (including phenoxy) is 1. The van der Waals surface area contributed by atoms with E-state index in [1.54, 1.807) is 0 Å². The van der Waals surface area contributed by atoms with E-state index in [4.69, 9.17) is 10.5 Å². The molecular formula is C25H26N4O4. The highest BCUT2D eigenvalue weighted by atomic mass is 16.5. The summed E-state index contributed by atoms with van der Waals surface area (Å²) in [6.07, 6.45) is 0.459. The molecule has 8 heteroatoms. The van der Waals surface area contributed by atoms with Gasteiger partial charge in [-0.25, -0.2) is 0 Å². The second-order valence-electron chi connectivity index (χ2n) is 8.90. The lowest BCUT2D eigenvalue weighted by atomic mass is 9.73. The molecule has 3 heterocycles. The average Bonchev–Trinajstić information content (AvgIpc) is 3.12. The minimum atomic E-state index is -0.961. The van der Waals surface area contributed by atoms with E-state index in [1.165, 1.54) is 4.90 Å². The van der Waals surface area contributed by atoms with Crippen molar-refractivity contribution in [3.63, 3.8) is 0 Å². The number of nitrogens with zero attached hydrogens (tertiary/aromatic N) is 2. The van der Waals surface area contributed by atoms with Crippen LogP contribution in [-0.4, -0.2) is 46.0 Å². The van der Waals surface area contributed by atoms with Crippen LogP contribution in [0, 0.1) is 5.92 Å². The SMILES string of the molecule is Cn1c(C(=O)NCCN2C(=O)C(C(N)=O)C3CC2(C)Oc2ccccc23)cc2ccccc21. The number of likely N-dealkylation sites (tertiary alicyclic amines) is 1. The van der Waals surface area contributed by atoms with Crippen LogP contribution < -0.4 is 15.8 Å². The predicted molar refractivity (Wildman–Crippen MR) is 122 cm³/mol. The van der Waals surface area contributed by atoms with Crippen molar-refractivity contribution in [1.82, 2.24) is 14.8 Å². The smallest absolute Gasteiger partial charge is 0.267 e. The van der Waals surface area contributed by atoms with E-state index >= 15 is 0 Å². The summed E-state index contributed by atoms with van der Waals surface area (Å²) in [6.45, 7) is 2.25. The molecule has 0 aliphatic carbocycles. The Labute approximate surface area is 191 Å². The van der Waals surface area contributed by atoms with E-state index < -0.39 is 17.6 Å². The number of carbonyl (C=O) groups excluding carboxylic acids is 3. The van der Waals surface area contributed by atoms with E-state index in [1.807, 2.05) is 73.1 Å². The van der Waals surface area contributed by atoms with Gasteiger partial charge in [0, 0.05) is 43.4 Å². The molecule has 170 valence electrons. The summed E-state index contributed by atoms with van der Waals surface area (Å²) in [5.74, 6) is -1.88. The molecular weight excluding hydrogens is 420 g/mol. The van der Waals surface area contributed by atoms with Gasteiger partial charge in [-0.3, -0.25) is 14.4 Å². The summed E-state index contributed by atoms with van der Waals surface area (Å²) >= 11 is 0. The second-order valence-corrected chi connectivity index (χ2v) is 8.90. The van der Waals surface area contributed by atoms with Gasteiger partial charge in [0.05, 0.1) is 0 Å². The van der Waals surface area contributed by atoms with E-state index in [0.29, 0.717) is 17.9 Å². The number of rotatable bonds is 5. The maximum Gasteiger partial charge on any atom is 0.267 e. The summed E-state index contributed by atoms with van der Waals surface area (Å²) in [7, 11) is 1.84. The molecule has 0 radical (unpaired) electrons. The van der Waals surface area contributed by atoms with Crippen LogP contribution in [0.1, 0.15) is 35.3 Å². The van der Waals surface area contributed by atoms with E-state index in [2.05, 4.69) is 5.32 Å². The average molecular weight is 447 g/mol. The molecule has 0 saturated carbocycles. The van der Waals surface area contributed by atoms with Gasteiger partial charge in [0.15, 0.2) is 5.72 Å². The van der Waals surface area contributed by atoms with Crippen LogP contribution in [-0.2, 0) is 16.6 Å². The first-order chi connectivity index (χ1) is 15.8. The highest BCUT2D eigenvalue weighted by molar-refractivity contribution is 6.02. The number of nitrogens with two attached hydrogens (primary N) is 1. The summed E-state index contributed by atoms with van der Waals surface area (Å²) in [6, 6.07) is 17.1. The van der Waals surface area contributed by atoms with Gasteiger partial charge in [-0.2, -0.15) is 0 Å². The molecule has 3 amide bonds. The van der Waals surface area contributed by atoms with Gasteiger partial charge in [0.2, 0.25) is 11.8 Å². The molecule has 2 bridgehead atoms. The summed E-state index contributed by atoms with van der Waals surface area (Å²) in [5, 5.41) is 3.88.